The third kappa shape index (κ3) is 4.94. The standard InChI is InChI=1S/C13H7F13O3S.Na/c14-9(15,10(16,17)13(24,25)26)8(11(18,19)20,12(21,22)23)5-6-3-1-2-4-7(6)30(27,28)29;/h1-4H,5H2,(H,27,28,29);/q;+1/p-1. The van der Waals surface area contributed by atoms with Crippen molar-refractivity contribution in [3.63, 3.8) is 0 Å². The Morgan fingerprint density at radius 1 is 0.677 bits per heavy atom. The summed E-state index contributed by atoms with van der Waals surface area (Å²) in [7, 11) is -5.95. The maximum absolute atomic E-state index is 14.0. The number of rotatable bonds is 5. The summed E-state index contributed by atoms with van der Waals surface area (Å²) >= 11 is 0. The molecule has 31 heavy (non-hydrogen) atoms. The first-order valence-electron chi connectivity index (χ1n) is 6.95. The van der Waals surface area contributed by atoms with Gasteiger partial charge in [-0.15, -0.1) is 0 Å². The molecule has 0 saturated carbocycles. The van der Waals surface area contributed by atoms with Crippen LogP contribution in [0.1, 0.15) is 5.56 Å². The first-order chi connectivity index (χ1) is 13.0. The summed E-state index contributed by atoms with van der Waals surface area (Å²) in [6.45, 7) is 0. The Kier molecular flexibility index (Phi) is 8.32. The molecule has 18 heteroatoms. The maximum atomic E-state index is 14.0. The largest absolute Gasteiger partial charge is 1.00 e. The monoisotopic (exact) mass is 512 g/mol. The molecule has 0 spiro atoms. The molecule has 0 radical (unpaired) electrons. The van der Waals surface area contributed by atoms with Crippen LogP contribution in [0.4, 0.5) is 57.1 Å². The molecular weight excluding hydrogens is 506 g/mol. The van der Waals surface area contributed by atoms with Crippen LogP contribution < -0.4 is 29.6 Å². The molecule has 0 unspecified atom stereocenters. The Bertz CT molecular complexity index is 873. The number of hydrogen-bond donors (Lipinski definition) is 0. The molecular formula is C13H6F13NaO3S. The van der Waals surface area contributed by atoms with Crippen molar-refractivity contribution in [3.05, 3.63) is 29.8 Å². The predicted octanol–water partition coefficient (Wildman–Crippen LogP) is 2.08. The van der Waals surface area contributed by atoms with E-state index in [1.165, 1.54) is 0 Å². The van der Waals surface area contributed by atoms with Gasteiger partial charge in [-0.2, -0.15) is 57.1 Å². The van der Waals surface area contributed by atoms with Gasteiger partial charge in [0, 0.05) is 6.42 Å². The Hall–Kier alpha value is -0.780. The van der Waals surface area contributed by atoms with Gasteiger partial charge in [0.05, 0.1) is 4.90 Å². The molecule has 0 aliphatic rings. The fourth-order valence-corrected chi connectivity index (χ4v) is 3.16. The van der Waals surface area contributed by atoms with E-state index in [1.54, 1.807) is 0 Å². The van der Waals surface area contributed by atoms with Crippen LogP contribution in [0.25, 0.3) is 0 Å². The molecule has 0 atom stereocenters. The second-order valence-corrected chi connectivity index (χ2v) is 7.13. The van der Waals surface area contributed by atoms with Crippen LogP contribution >= 0.6 is 0 Å². The molecule has 1 aromatic rings. The van der Waals surface area contributed by atoms with Crippen molar-refractivity contribution >= 4 is 10.1 Å². The Balaban J connectivity index is 0.00000900. The van der Waals surface area contributed by atoms with Crippen LogP contribution in [-0.4, -0.2) is 43.3 Å². The summed E-state index contributed by atoms with van der Waals surface area (Å²) in [6, 6.07) is 1.02. The van der Waals surface area contributed by atoms with E-state index in [2.05, 4.69) is 0 Å². The minimum Gasteiger partial charge on any atom is -0.744 e. The SMILES string of the molecule is O=S(=O)([O-])c1ccccc1CC(C(F)(F)F)(C(F)(F)F)C(F)(F)C(F)(F)C(F)(F)F.[Na+]. The van der Waals surface area contributed by atoms with Gasteiger partial charge in [0.25, 0.3) is 0 Å². The van der Waals surface area contributed by atoms with Crippen molar-refractivity contribution < 1.29 is 99.6 Å². The average molecular weight is 512 g/mol. The Morgan fingerprint density at radius 2 is 1.06 bits per heavy atom. The van der Waals surface area contributed by atoms with E-state index >= 15 is 0 Å². The van der Waals surface area contributed by atoms with E-state index < -0.39 is 62.8 Å². The van der Waals surface area contributed by atoms with E-state index in [9.17, 15) is 70.0 Å². The fourth-order valence-electron chi connectivity index (χ4n) is 2.45. The van der Waals surface area contributed by atoms with Gasteiger partial charge in [-0.25, -0.2) is 8.42 Å². The molecule has 0 aliphatic carbocycles. The van der Waals surface area contributed by atoms with E-state index in [-0.39, 0.29) is 41.7 Å². The fraction of sp³-hybridized carbons (Fsp3) is 0.538. The zero-order valence-electron chi connectivity index (χ0n) is 14.6. The number of halogens is 13. The van der Waals surface area contributed by atoms with Crippen molar-refractivity contribution in [1.82, 2.24) is 0 Å². The molecule has 0 aromatic heterocycles. The van der Waals surface area contributed by atoms with Gasteiger partial charge in [-0.3, -0.25) is 0 Å². The summed E-state index contributed by atoms with van der Waals surface area (Å²) in [5.74, 6) is -15.8. The van der Waals surface area contributed by atoms with Crippen LogP contribution in [0.2, 0.25) is 0 Å². The van der Waals surface area contributed by atoms with Crippen LogP contribution in [0.3, 0.4) is 0 Å². The van der Waals surface area contributed by atoms with Crippen LogP contribution in [0.15, 0.2) is 29.2 Å². The molecule has 1 aromatic carbocycles. The quantitative estimate of drug-likeness (QED) is 0.345. The Morgan fingerprint density at radius 3 is 1.39 bits per heavy atom. The van der Waals surface area contributed by atoms with Crippen LogP contribution in [0.5, 0.6) is 0 Å². The summed E-state index contributed by atoms with van der Waals surface area (Å²) < 4.78 is 204. The molecule has 0 aliphatic heterocycles. The van der Waals surface area contributed by atoms with Crippen molar-refractivity contribution in [2.45, 2.75) is 41.7 Å². The van der Waals surface area contributed by atoms with E-state index in [4.69, 9.17) is 0 Å². The minimum absolute atomic E-state index is 0. The summed E-state index contributed by atoms with van der Waals surface area (Å²) in [5.41, 5.74) is -9.13. The number of benzene rings is 1. The molecule has 0 amide bonds. The average Bonchev–Trinajstić information content (AvgIpc) is 2.47. The Labute approximate surface area is 186 Å². The zero-order chi connectivity index (χ0) is 24.2. The smallest absolute Gasteiger partial charge is 0.744 e. The zero-order valence-corrected chi connectivity index (χ0v) is 17.4. The van der Waals surface area contributed by atoms with Gasteiger partial charge in [-0.05, 0) is 11.6 Å². The molecule has 0 saturated heterocycles. The second kappa shape index (κ2) is 8.53. The predicted molar refractivity (Wildman–Crippen MR) is 68.6 cm³/mol. The first-order valence-corrected chi connectivity index (χ1v) is 8.35. The minimum atomic E-state index is -7.92. The van der Waals surface area contributed by atoms with Gasteiger partial charge in [0.1, 0.15) is 10.1 Å². The molecule has 1 rings (SSSR count). The number of alkyl halides is 13. The van der Waals surface area contributed by atoms with E-state index in [0.29, 0.717) is 12.1 Å². The van der Waals surface area contributed by atoms with Crippen LogP contribution in [0, 0.1) is 5.41 Å². The van der Waals surface area contributed by atoms with Crippen molar-refractivity contribution in [2.75, 3.05) is 0 Å². The maximum Gasteiger partial charge on any atom is 1.00 e. The third-order valence-electron chi connectivity index (χ3n) is 3.95. The van der Waals surface area contributed by atoms with Gasteiger partial charge < -0.3 is 4.55 Å². The van der Waals surface area contributed by atoms with Gasteiger partial charge in [0.2, 0.25) is 5.41 Å². The van der Waals surface area contributed by atoms with E-state index in [0.717, 1.165) is 0 Å². The van der Waals surface area contributed by atoms with Crippen LogP contribution in [-0.2, 0) is 16.5 Å². The molecule has 0 fully saturated rings. The molecule has 174 valence electrons. The molecule has 0 heterocycles. The summed E-state index contributed by atoms with van der Waals surface area (Å²) in [4.78, 5) is -1.95. The normalized spacial score (nSPS) is 14.9. The van der Waals surface area contributed by atoms with Crippen molar-refractivity contribution in [2.24, 2.45) is 5.41 Å². The topological polar surface area (TPSA) is 57.2 Å². The van der Waals surface area contributed by atoms with Gasteiger partial charge >= 0.3 is 59.9 Å². The number of hydrogen-bond acceptors (Lipinski definition) is 3. The van der Waals surface area contributed by atoms with E-state index in [1.807, 2.05) is 0 Å². The van der Waals surface area contributed by atoms with Gasteiger partial charge in [-0.1, -0.05) is 18.2 Å². The van der Waals surface area contributed by atoms with Crippen molar-refractivity contribution in [1.29, 1.82) is 0 Å². The third-order valence-corrected chi connectivity index (χ3v) is 4.89. The van der Waals surface area contributed by atoms with Crippen molar-refractivity contribution in [3.8, 4) is 0 Å². The summed E-state index contributed by atoms with van der Waals surface area (Å²) in [6.07, 6.45) is -26.1. The first kappa shape index (κ1) is 30.2. The molecule has 0 bridgehead atoms. The van der Waals surface area contributed by atoms with Gasteiger partial charge in [0.15, 0.2) is 0 Å². The summed E-state index contributed by atoms with van der Waals surface area (Å²) in [5, 5.41) is 0. The molecule has 3 nitrogen and oxygen atoms in total. The molecule has 0 N–H and O–H groups in total. The second-order valence-electron chi connectivity index (χ2n) is 5.79.